The van der Waals surface area contributed by atoms with Crippen molar-refractivity contribution in [2.45, 2.75) is 39.2 Å². The molecule has 5 nitrogen and oxygen atoms in total. The molecule has 1 N–H and O–H groups in total. The van der Waals surface area contributed by atoms with E-state index in [2.05, 4.69) is 30.6 Å². The van der Waals surface area contributed by atoms with Crippen molar-refractivity contribution in [3.8, 4) is 0 Å². The monoisotopic (exact) mass is 387 g/mol. The van der Waals surface area contributed by atoms with Crippen molar-refractivity contribution in [3.63, 3.8) is 0 Å². The van der Waals surface area contributed by atoms with Gasteiger partial charge in [-0.15, -0.1) is 0 Å². The lowest BCUT2D eigenvalue weighted by Crippen LogP contribution is -2.25. The fourth-order valence-electron chi connectivity index (χ4n) is 3.96. The quantitative estimate of drug-likeness (QED) is 0.635. The van der Waals surface area contributed by atoms with Gasteiger partial charge in [-0.25, -0.2) is 4.98 Å². The van der Waals surface area contributed by atoms with E-state index < -0.39 is 6.04 Å². The number of aromatic nitrogens is 2. The molecular formula is C24H25N3O2. The largest absolute Gasteiger partial charge is 0.505 e. The summed E-state index contributed by atoms with van der Waals surface area (Å²) in [5.74, 6) is -0.200. The fourth-order valence-corrected chi connectivity index (χ4v) is 3.96. The number of anilines is 1. The zero-order chi connectivity index (χ0) is 20.5. The van der Waals surface area contributed by atoms with Gasteiger partial charge in [0.1, 0.15) is 11.4 Å². The maximum Gasteiger partial charge on any atom is 0.162 e. The van der Waals surface area contributed by atoms with Crippen molar-refractivity contribution in [1.29, 1.82) is 0 Å². The lowest BCUT2D eigenvalue weighted by molar-refractivity contribution is -0.113. The van der Waals surface area contributed by atoms with Crippen LogP contribution in [0, 0.1) is 0 Å². The van der Waals surface area contributed by atoms with Crippen LogP contribution in [0.15, 0.2) is 78.6 Å². The number of hydrogen-bond donors (Lipinski definition) is 1. The standard InChI is InChI=1S/C24H25N3O2/c1-4-5-6-18-7-9-19(10-8-18)23-22(17(3)28)24(29)16(2)27(23)20-11-13-26-14-12-25-21(26)15-20/h7-15,23,29H,2,4-6H2,1,3H3. The third kappa shape index (κ3) is 3.33. The van der Waals surface area contributed by atoms with Crippen LogP contribution in [0.25, 0.3) is 5.65 Å². The number of carbonyl (C=O) groups is 1. The Morgan fingerprint density at radius 3 is 2.66 bits per heavy atom. The van der Waals surface area contributed by atoms with E-state index in [-0.39, 0.29) is 11.5 Å². The number of ketones is 1. The summed E-state index contributed by atoms with van der Waals surface area (Å²) in [5, 5.41) is 10.7. The van der Waals surface area contributed by atoms with Gasteiger partial charge >= 0.3 is 0 Å². The number of fused-ring (bicyclic) bond motifs is 1. The molecule has 0 spiro atoms. The molecule has 1 aliphatic heterocycles. The van der Waals surface area contributed by atoms with E-state index in [0.29, 0.717) is 11.3 Å². The minimum Gasteiger partial charge on any atom is -0.505 e. The lowest BCUT2D eigenvalue weighted by atomic mass is 9.95. The number of aliphatic hydroxyl groups excluding tert-OH is 1. The van der Waals surface area contributed by atoms with Gasteiger partial charge in [0, 0.05) is 30.3 Å². The van der Waals surface area contributed by atoms with Crippen LogP contribution in [0.2, 0.25) is 0 Å². The number of unbranched alkanes of at least 4 members (excludes halogenated alkanes) is 1. The summed E-state index contributed by atoms with van der Waals surface area (Å²) >= 11 is 0. The van der Waals surface area contributed by atoms with Crippen LogP contribution in [-0.4, -0.2) is 20.3 Å². The first-order valence-electron chi connectivity index (χ1n) is 9.95. The molecule has 0 bridgehead atoms. The molecular weight excluding hydrogens is 362 g/mol. The summed E-state index contributed by atoms with van der Waals surface area (Å²) in [5.41, 5.74) is 4.64. The van der Waals surface area contributed by atoms with Gasteiger partial charge in [-0.3, -0.25) is 4.79 Å². The maximum atomic E-state index is 12.4. The topological polar surface area (TPSA) is 57.8 Å². The van der Waals surface area contributed by atoms with E-state index in [9.17, 15) is 9.90 Å². The van der Waals surface area contributed by atoms with Crippen molar-refractivity contribution in [3.05, 3.63) is 89.7 Å². The van der Waals surface area contributed by atoms with Crippen LogP contribution in [0.5, 0.6) is 0 Å². The first-order valence-corrected chi connectivity index (χ1v) is 9.95. The van der Waals surface area contributed by atoms with Crippen LogP contribution in [0.4, 0.5) is 5.69 Å². The Bertz CT molecular complexity index is 1110. The van der Waals surface area contributed by atoms with Gasteiger partial charge in [0.15, 0.2) is 5.78 Å². The molecule has 3 aromatic rings. The number of imidazole rings is 1. The van der Waals surface area contributed by atoms with Crippen molar-refractivity contribution in [1.82, 2.24) is 9.38 Å². The highest BCUT2D eigenvalue weighted by atomic mass is 16.3. The van der Waals surface area contributed by atoms with Gasteiger partial charge in [-0.1, -0.05) is 44.2 Å². The highest BCUT2D eigenvalue weighted by Gasteiger charge is 2.39. The van der Waals surface area contributed by atoms with E-state index in [1.165, 1.54) is 12.5 Å². The van der Waals surface area contributed by atoms with E-state index in [1.807, 2.05) is 46.0 Å². The second-order valence-corrected chi connectivity index (χ2v) is 7.46. The molecule has 1 aromatic carbocycles. The van der Waals surface area contributed by atoms with E-state index in [4.69, 9.17) is 0 Å². The normalized spacial score (nSPS) is 16.8. The zero-order valence-corrected chi connectivity index (χ0v) is 16.8. The Hall–Kier alpha value is -3.34. The summed E-state index contributed by atoms with van der Waals surface area (Å²) in [7, 11) is 0. The summed E-state index contributed by atoms with van der Waals surface area (Å²) in [4.78, 5) is 18.7. The minimum absolute atomic E-state index is 0.0409. The molecule has 0 aliphatic carbocycles. The van der Waals surface area contributed by atoms with Gasteiger partial charge in [0.2, 0.25) is 0 Å². The first kappa shape index (κ1) is 19.0. The molecule has 1 unspecified atom stereocenters. The average Bonchev–Trinajstić information content (AvgIpc) is 3.29. The van der Waals surface area contributed by atoms with Gasteiger partial charge in [0.25, 0.3) is 0 Å². The van der Waals surface area contributed by atoms with E-state index in [0.717, 1.165) is 36.2 Å². The molecule has 0 amide bonds. The summed E-state index contributed by atoms with van der Waals surface area (Å²) < 4.78 is 1.92. The molecule has 0 fully saturated rings. The zero-order valence-electron chi connectivity index (χ0n) is 16.8. The smallest absolute Gasteiger partial charge is 0.162 e. The van der Waals surface area contributed by atoms with Gasteiger partial charge in [-0.2, -0.15) is 0 Å². The second-order valence-electron chi connectivity index (χ2n) is 7.46. The number of hydrogen-bond acceptors (Lipinski definition) is 4. The number of aliphatic hydroxyl groups is 1. The molecule has 29 heavy (non-hydrogen) atoms. The Morgan fingerprint density at radius 2 is 1.97 bits per heavy atom. The Kier molecular flexibility index (Phi) is 4.97. The Labute approximate surface area is 170 Å². The van der Waals surface area contributed by atoms with Crippen molar-refractivity contribution >= 4 is 17.1 Å². The van der Waals surface area contributed by atoms with Crippen LogP contribution in [0.1, 0.15) is 43.9 Å². The summed E-state index contributed by atoms with van der Waals surface area (Å²) in [6, 6.07) is 11.8. The third-order valence-corrected chi connectivity index (χ3v) is 5.50. The second kappa shape index (κ2) is 7.59. The van der Waals surface area contributed by atoms with E-state index >= 15 is 0 Å². The molecule has 1 atom stereocenters. The fraction of sp³-hybridized carbons (Fsp3) is 0.250. The Morgan fingerprint density at radius 1 is 1.21 bits per heavy atom. The molecule has 3 heterocycles. The number of benzene rings is 1. The number of aryl methyl sites for hydroxylation is 1. The molecule has 1 aliphatic rings. The number of pyridine rings is 1. The van der Waals surface area contributed by atoms with Crippen LogP contribution in [-0.2, 0) is 11.2 Å². The van der Waals surface area contributed by atoms with Crippen LogP contribution >= 0.6 is 0 Å². The number of Topliss-reactive ketones (excluding diaryl/α,β-unsaturated/α-hetero) is 1. The van der Waals surface area contributed by atoms with Crippen molar-refractivity contribution in [2.75, 3.05) is 4.90 Å². The van der Waals surface area contributed by atoms with Gasteiger partial charge < -0.3 is 14.4 Å². The number of nitrogens with zero attached hydrogens (tertiary/aromatic N) is 3. The molecule has 5 heteroatoms. The molecule has 4 rings (SSSR count). The first-order chi connectivity index (χ1) is 14.0. The molecule has 0 radical (unpaired) electrons. The summed E-state index contributed by atoms with van der Waals surface area (Å²) in [6.45, 7) is 7.73. The SMILES string of the molecule is C=C1C(O)=C(C(C)=O)C(c2ccc(CCCC)cc2)N1c1ccn2ccnc2c1. The number of carbonyl (C=O) groups excluding carboxylic acids is 1. The van der Waals surface area contributed by atoms with Crippen molar-refractivity contribution in [2.24, 2.45) is 0 Å². The minimum atomic E-state index is -0.419. The van der Waals surface area contributed by atoms with E-state index in [1.54, 1.807) is 6.20 Å². The summed E-state index contributed by atoms with van der Waals surface area (Å²) in [6.07, 6.45) is 8.87. The molecule has 0 saturated carbocycles. The highest BCUT2D eigenvalue weighted by molar-refractivity contribution is 5.98. The molecule has 0 saturated heterocycles. The predicted octanol–water partition coefficient (Wildman–Crippen LogP) is 5.15. The molecule has 2 aromatic heterocycles. The van der Waals surface area contributed by atoms with Crippen molar-refractivity contribution < 1.29 is 9.90 Å². The van der Waals surface area contributed by atoms with Gasteiger partial charge in [-0.05, 0) is 37.0 Å². The average molecular weight is 387 g/mol. The molecule has 148 valence electrons. The third-order valence-electron chi connectivity index (χ3n) is 5.50. The highest BCUT2D eigenvalue weighted by Crippen LogP contribution is 2.45. The number of rotatable bonds is 6. The van der Waals surface area contributed by atoms with Gasteiger partial charge in [0.05, 0.1) is 17.3 Å². The predicted molar refractivity (Wildman–Crippen MR) is 115 cm³/mol. The van der Waals surface area contributed by atoms with Crippen LogP contribution < -0.4 is 4.90 Å². The lowest BCUT2D eigenvalue weighted by Gasteiger charge is -2.29. The Balaban J connectivity index is 1.79. The van der Waals surface area contributed by atoms with Crippen LogP contribution in [0.3, 0.4) is 0 Å². The maximum absolute atomic E-state index is 12.4.